The molecule has 2 aromatic carbocycles. The Hall–Kier alpha value is -3.11. The Morgan fingerprint density at radius 2 is 1.93 bits per heavy atom. The van der Waals surface area contributed by atoms with Gasteiger partial charge >= 0.3 is 0 Å². The van der Waals surface area contributed by atoms with E-state index in [9.17, 15) is 13.2 Å². The molecule has 0 bridgehead atoms. The molecule has 4 aromatic rings. The van der Waals surface area contributed by atoms with Crippen molar-refractivity contribution in [2.45, 2.75) is 32.6 Å². The number of halogens is 2. The van der Waals surface area contributed by atoms with E-state index in [1.165, 1.54) is 7.11 Å². The van der Waals surface area contributed by atoms with Crippen LogP contribution >= 0.6 is 23.2 Å². The van der Waals surface area contributed by atoms with Crippen LogP contribution in [0.5, 0.6) is 5.88 Å². The van der Waals surface area contributed by atoms with E-state index < -0.39 is 15.9 Å². The first-order valence-electron chi connectivity index (χ1n) is 13.2. The number of sulfone groups is 1. The molecule has 1 atom stereocenters. The van der Waals surface area contributed by atoms with Crippen molar-refractivity contribution in [2.75, 3.05) is 25.2 Å². The average Bonchev–Trinajstić information content (AvgIpc) is 3.43. The van der Waals surface area contributed by atoms with Gasteiger partial charge in [-0.3, -0.25) is 4.79 Å². The second-order valence-corrected chi connectivity index (χ2v) is 13.4. The number of methoxy groups -OCH3 is 1. The summed E-state index contributed by atoms with van der Waals surface area (Å²) in [5.41, 5.74) is 4.53. The fourth-order valence-corrected chi connectivity index (χ4v) is 7.97. The van der Waals surface area contributed by atoms with Crippen LogP contribution in [0.2, 0.25) is 10.0 Å². The topological polar surface area (TPSA) is 98.9 Å². The van der Waals surface area contributed by atoms with Crippen molar-refractivity contribution in [3.05, 3.63) is 92.3 Å². The van der Waals surface area contributed by atoms with Crippen molar-refractivity contribution in [3.8, 4) is 5.88 Å². The van der Waals surface area contributed by atoms with E-state index in [4.69, 9.17) is 42.1 Å². The number of aryl methyl sites for hydroxylation is 1. The van der Waals surface area contributed by atoms with Crippen LogP contribution < -0.4 is 4.74 Å². The molecule has 8 nitrogen and oxygen atoms in total. The lowest BCUT2D eigenvalue weighted by Gasteiger charge is -2.35. The normalized spacial score (nSPS) is 17.4. The van der Waals surface area contributed by atoms with Crippen LogP contribution in [0.25, 0.3) is 11.0 Å². The third-order valence-corrected chi connectivity index (χ3v) is 10.4. The number of benzene rings is 2. The minimum atomic E-state index is -3.09. The van der Waals surface area contributed by atoms with Crippen LogP contribution in [-0.2, 0) is 34.1 Å². The summed E-state index contributed by atoms with van der Waals surface area (Å²) >= 11 is 13.6. The van der Waals surface area contributed by atoms with Gasteiger partial charge in [0.2, 0.25) is 5.88 Å². The van der Waals surface area contributed by atoms with Crippen LogP contribution in [0.3, 0.4) is 0 Å². The van der Waals surface area contributed by atoms with Gasteiger partial charge in [0.15, 0.2) is 9.84 Å². The van der Waals surface area contributed by atoms with E-state index in [0.717, 1.165) is 16.6 Å². The number of aromatic nitrogens is 1. The first-order valence-corrected chi connectivity index (χ1v) is 15.8. The second kappa shape index (κ2) is 10.9. The van der Waals surface area contributed by atoms with Crippen LogP contribution in [-0.4, -0.2) is 49.4 Å². The molecule has 2 aliphatic heterocycles. The molecule has 0 spiro atoms. The molecule has 1 fully saturated rings. The summed E-state index contributed by atoms with van der Waals surface area (Å²) in [7, 11) is -1.59. The Kier molecular flexibility index (Phi) is 7.48. The summed E-state index contributed by atoms with van der Waals surface area (Å²) in [5.74, 6) is -0.146. The van der Waals surface area contributed by atoms with Crippen molar-refractivity contribution in [1.82, 2.24) is 9.88 Å². The van der Waals surface area contributed by atoms with Crippen LogP contribution in [0, 0.1) is 12.8 Å². The molecule has 2 aromatic heterocycles. The molecule has 0 saturated carbocycles. The molecule has 6 rings (SSSR count). The molecule has 0 radical (unpaired) electrons. The number of rotatable bonds is 8. The van der Waals surface area contributed by atoms with Gasteiger partial charge < -0.3 is 18.8 Å². The molecule has 41 heavy (non-hydrogen) atoms. The number of carbonyl (C=O) groups excluding carboxylic acids is 1. The Morgan fingerprint density at radius 3 is 2.63 bits per heavy atom. The maximum Gasteiger partial charge on any atom is 0.256 e. The highest BCUT2D eigenvalue weighted by atomic mass is 35.5. The molecule has 1 unspecified atom stereocenters. The minimum absolute atomic E-state index is 0.00192. The zero-order valence-corrected chi connectivity index (χ0v) is 24.9. The van der Waals surface area contributed by atoms with E-state index in [0.29, 0.717) is 58.3 Å². The highest BCUT2D eigenvalue weighted by molar-refractivity contribution is 7.92. The summed E-state index contributed by atoms with van der Waals surface area (Å²) in [6, 6.07) is 13.3. The number of hydrogen-bond donors (Lipinski definition) is 0. The zero-order chi connectivity index (χ0) is 28.9. The molecule has 1 saturated heterocycles. The number of nitrogens with zero attached hydrogens (tertiary/aromatic N) is 2. The third-order valence-electron chi connectivity index (χ3n) is 7.83. The van der Waals surface area contributed by atoms with Crippen molar-refractivity contribution in [2.24, 2.45) is 5.92 Å². The lowest BCUT2D eigenvalue weighted by molar-refractivity contribution is 0.0612. The van der Waals surface area contributed by atoms with Crippen LogP contribution in [0.4, 0.5) is 0 Å². The molecule has 0 N–H and O–H groups in total. The first kappa shape index (κ1) is 28.0. The number of hydrogen-bond acceptors (Lipinski definition) is 7. The number of furan rings is 1. The predicted molar refractivity (Wildman–Crippen MR) is 156 cm³/mol. The zero-order valence-electron chi connectivity index (χ0n) is 22.5. The Bertz CT molecular complexity index is 1740. The molecule has 11 heteroatoms. The maximum absolute atomic E-state index is 14.0. The van der Waals surface area contributed by atoms with Crippen molar-refractivity contribution < 1.29 is 27.1 Å². The average molecular weight is 616 g/mol. The first-order chi connectivity index (χ1) is 19.7. The Labute approximate surface area is 248 Å². The minimum Gasteiger partial charge on any atom is -0.472 e. The van der Waals surface area contributed by atoms with Gasteiger partial charge in [0, 0.05) is 35.5 Å². The molecule has 0 aliphatic carbocycles. The fraction of sp³-hybridized carbons (Fsp3) is 0.333. The Morgan fingerprint density at radius 1 is 1.17 bits per heavy atom. The molecule has 1 amide bonds. The lowest BCUT2D eigenvalue weighted by atomic mass is 9.90. The van der Waals surface area contributed by atoms with E-state index in [1.54, 1.807) is 17.2 Å². The quantitative estimate of drug-likeness (QED) is 0.242. The van der Waals surface area contributed by atoms with Crippen molar-refractivity contribution in [1.29, 1.82) is 0 Å². The highest BCUT2D eigenvalue weighted by Crippen LogP contribution is 2.43. The number of amides is 1. The summed E-state index contributed by atoms with van der Waals surface area (Å²) in [6.07, 6.45) is 1.50. The van der Waals surface area contributed by atoms with E-state index >= 15 is 0 Å². The van der Waals surface area contributed by atoms with Crippen LogP contribution in [0.15, 0.2) is 53.1 Å². The summed E-state index contributed by atoms with van der Waals surface area (Å²) in [6.45, 7) is 2.79. The summed E-state index contributed by atoms with van der Waals surface area (Å²) in [5, 5.41) is 1.49. The number of pyridine rings is 1. The van der Waals surface area contributed by atoms with Gasteiger partial charge in [0.1, 0.15) is 12.2 Å². The van der Waals surface area contributed by atoms with Gasteiger partial charge in [-0.1, -0.05) is 53.5 Å². The van der Waals surface area contributed by atoms with Gasteiger partial charge in [-0.2, -0.15) is 0 Å². The van der Waals surface area contributed by atoms with Crippen molar-refractivity contribution in [3.63, 3.8) is 0 Å². The molecule has 4 heterocycles. The second-order valence-electron chi connectivity index (χ2n) is 10.5. The fourth-order valence-electron chi connectivity index (χ4n) is 5.75. The van der Waals surface area contributed by atoms with Gasteiger partial charge in [-0.05, 0) is 36.6 Å². The number of carbonyl (C=O) groups is 1. The third kappa shape index (κ3) is 5.20. The van der Waals surface area contributed by atoms with Gasteiger partial charge in [0.05, 0.1) is 52.3 Å². The van der Waals surface area contributed by atoms with E-state index in [2.05, 4.69) is 0 Å². The van der Waals surface area contributed by atoms with Gasteiger partial charge in [-0.15, -0.1) is 0 Å². The molecule has 2 aliphatic rings. The highest BCUT2D eigenvalue weighted by Gasteiger charge is 2.42. The lowest BCUT2D eigenvalue weighted by Crippen LogP contribution is -2.41. The largest absolute Gasteiger partial charge is 0.472 e. The SMILES string of the molecule is COC(c1cc(Cl)c2c(c1Cl)C(=O)N(Cc1c(OCc3ccccc3)nc(C)c3ccoc13)CC2)C1CS(=O)(=O)C1. The van der Waals surface area contributed by atoms with Gasteiger partial charge in [-0.25, -0.2) is 13.4 Å². The van der Waals surface area contributed by atoms with E-state index in [-0.39, 0.29) is 34.9 Å². The standard InChI is InChI=1S/C30H28Cl2N2O6S/c1-17-20-9-11-39-28(20)23(29(33-17)40-14-18-6-4-3-5-7-18)13-34-10-8-21-24(31)12-22(26(32)25(21)30(34)35)27(38-2)19-15-41(36,37)16-19/h3-7,9,11-12,19,27H,8,10,13-16H2,1-2H3. The number of fused-ring (bicyclic) bond motifs is 2. The maximum atomic E-state index is 14.0. The monoisotopic (exact) mass is 614 g/mol. The summed E-state index contributed by atoms with van der Waals surface area (Å²) < 4.78 is 41.4. The summed E-state index contributed by atoms with van der Waals surface area (Å²) in [4.78, 5) is 20.4. The molecular weight excluding hydrogens is 587 g/mol. The van der Waals surface area contributed by atoms with Gasteiger partial charge in [0.25, 0.3) is 5.91 Å². The smallest absolute Gasteiger partial charge is 0.256 e. The predicted octanol–water partition coefficient (Wildman–Crippen LogP) is 5.95. The van der Waals surface area contributed by atoms with Crippen molar-refractivity contribution >= 4 is 49.9 Å². The molecular formula is C30H28Cl2N2O6S. The number of ether oxygens (including phenoxy) is 2. The molecule has 214 valence electrons. The van der Waals surface area contributed by atoms with Crippen LogP contribution in [0.1, 0.15) is 44.4 Å². The Balaban J connectivity index is 1.34. The van der Waals surface area contributed by atoms with E-state index in [1.807, 2.05) is 43.3 Å².